The van der Waals surface area contributed by atoms with Crippen LogP contribution >= 0.6 is 0 Å². The molecule has 3 rings (SSSR count). The second-order valence-corrected chi connectivity index (χ2v) is 8.93. The third-order valence-corrected chi connectivity index (χ3v) is 6.85. The minimum absolute atomic E-state index is 0.0911. The third kappa shape index (κ3) is 4.94. The molecule has 2 aromatic rings. The lowest BCUT2D eigenvalue weighted by Crippen LogP contribution is -2.40. The first-order valence-electron chi connectivity index (χ1n) is 9.27. The molecule has 30 heavy (non-hydrogen) atoms. The summed E-state index contributed by atoms with van der Waals surface area (Å²) in [7, 11) is -0.691. The van der Waals surface area contributed by atoms with Crippen LogP contribution in [0.3, 0.4) is 0 Å². The van der Waals surface area contributed by atoms with Crippen molar-refractivity contribution in [3.05, 3.63) is 65.2 Å². The smallest absolute Gasteiger partial charge is 0.416 e. The van der Waals surface area contributed by atoms with Crippen molar-refractivity contribution in [1.82, 2.24) is 9.79 Å². The zero-order chi connectivity index (χ0) is 21.9. The molecule has 0 unspecified atom stereocenters. The summed E-state index contributed by atoms with van der Waals surface area (Å²) in [5, 5.41) is 0.407. The highest BCUT2D eigenvalue weighted by Gasteiger charge is 2.43. The molecule has 0 aliphatic carbocycles. The minimum atomic E-state index is -4.46. The number of halogens is 3. The lowest BCUT2D eigenvalue weighted by atomic mass is 10.0. The molecule has 0 bridgehead atoms. The number of alkyl halides is 3. The molecule has 0 aromatic heterocycles. The quantitative estimate of drug-likeness (QED) is 0.711. The Morgan fingerprint density at radius 2 is 1.83 bits per heavy atom. The predicted molar refractivity (Wildman–Crippen MR) is 105 cm³/mol. The maximum Gasteiger partial charge on any atom is 0.416 e. The van der Waals surface area contributed by atoms with E-state index in [4.69, 9.17) is 9.57 Å². The van der Waals surface area contributed by atoms with Crippen LogP contribution in [0.1, 0.15) is 22.7 Å². The first kappa shape index (κ1) is 22.5. The van der Waals surface area contributed by atoms with Gasteiger partial charge in [-0.25, -0.2) is 13.1 Å². The molecular formula is C20H23F3N2O4S. The third-order valence-electron chi connectivity index (χ3n) is 5.05. The average molecular weight is 444 g/mol. The fourth-order valence-corrected chi connectivity index (χ4v) is 5.00. The van der Waals surface area contributed by atoms with Crippen LogP contribution in [0, 0.1) is 0 Å². The molecule has 1 saturated heterocycles. The minimum Gasteiger partial charge on any atom is -0.496 e. The lowest BCUT2D eigenvalue weighted by molar-refractivity contribution is -0.137. The number of methoxy groups -OCH3 is 1. The monoisotopic (exact) mass is 444 g/mol. The topological polar surface area (TPSA) is 67.9 Å². The van der Waals surface area contributed by atoms with Crippen LogP contribution in [0.2, 0.25) is 0 Å². The summed E-state index contributed by atoms with van der Waals surface area (Å²) >= 11 is 0. The SMILES string of the molecule is COc1ccccc1CCNS(=O)(=O)[C@@H]1CON(C)[C@@H]1c1ccc(C(F)(F)F)cc1. The molecule has 2 atom stereocenters. The first-order valence-corrected chi connectivity index (χ1v) is 10.8. The van der Waals surface area contributed by atoms with E-state index >= 15 is 0 Å². The standard InChI is InChI=1S/C20H23F3N2O4S/c1-25-19(15-7-9-16(10-8-15)20(21,22)23)18(13-29-25)30(26,27)24-12-11-14-5-3-4-6-17(14)28-2/h3-10,18-19,24H,11-13H2,1-2H3/t18-,19-/m1/s1. The Hall–Kier alpha value is -2.14. The number of ether oxygens (including phenoxy) is 1. The highest BCUT2D eigenvalue weighted by Crippen LogP contribution is 2.35. The second kappa shape index (κ2) is 8.93. The highest BCUT2D eigenvalue weighted by molar-refractivity contribution is 7.90. The van der Waals surface area contributed by atoms with Crippen LogP contribution in [0.15, 0.2) is 48.5 Å². The van der Waals surface area contributed by atoms with Gasteiger partial charge in [0.2, 0.25) is 10.0 Å². The van der Waals surface area contributed by atoms with Gasteiger partial charge in [0, 0.05) is 13.6 Å². The van der Waals surface area contributed by atoms with Gasteiger partial charge in [0.15, 0.2) is 0 Å². The van der Waals surface area contributed by atoms with Gasteiger partial charge >= 0.3 is 6.18 Å². The van der Waals surface area contributed by atoms with E-state index in [2.05, 4.69) is 4.72 Å². The van der Waals surface area contributed by atoms with Crippen LogP contribution < -0.4 is 9.46 Å². The summed E-state index contributed by atoms with van der Waals surface area (Å²) in [5.41, 5.74) is 0.507. The lowest BCUT2D eigenvalue weighted by Gasteiger charge is -2.23. The Bertz CT molecular complexity index is 965. The van der Waals surface area contributed by atoms with E-state index in [9.17, 15) is 21.6 Å². The summed E-state index contributed by atoms with van der Waals surface area (Å²) in [6.07, 6.45) is -4.03. The van der Waals surface area contributed by atoms with E-state index in [1.165, 1.54) is 17.2 Å². The predicted octanol–water partition coefficient (Wildman–Crippen LogP) is 3.16. The molecular weight excluding hydrogens is 421 g/mol. The van der Waals surface area contributed by atoms with Crippen molar-refractivity contribution >= 4 is 10.0 Å². The van der Waals surface area contributed by atoms with Gasteiger partial charge in [-0.2, -0.15) is 18.2 Å². The second-order valence-electron chi connectivity index (χ2n) is 6.95. The van der Waals surface area contributed by atoms with E-state index in [0.29, 0.717) is 17.7 Å². The molecule has 6 nitrogen and oxygen atoms in total. The van der Waals surface area contributed by atoms with Gasteiger partial charge in [0.05, 0.1) is 25.3 Å². The number of benzene rings is 2. The molecule has 1 aliphatic heterocycles. The van der Waals surface area contributed by atoms with Crippen molar-refractivity contribution in [3.8, 4) is 5.75 Å². The number of nitrogens with zero attached hydrogens (tertiary/aromatic N) is 1. The molecule has 1 fully saturated rings. The molecule has 1 N–H and O–H groups in total. The zero-order valence-corrected chi connectivity index (χ0v) is 17.3. The van der Waals surface area contributed by atoms with Crippen LogP contribution in [0.4, 0.5) is 13.2 Å². The van der Waals surface area contributed by atoms with Crippen molar-refractivity contribution < 1.29 is 31.2 Å². The molecule has 164 valence electrons. The van der Waals surface area contributed by atoms with E-state index in [0.717, 1.165) is 17.7 Å². The number of hydroxylamine groups is 2. The summed E-state index contributed by atoms with van der Waals surface area (Å²) in [4.78, 5) is 5.39. The molecule has 1 aliphatic rings. The molecule has 10 heteroatoms. The maximum atomic E-state index is 12.9. The number of rotatable bonds is 7. The molecule has 1 heterocycles. The van der Waals surface area contributed by atoms with Gasteiger partial charge in [-0.3, -0.25) is 4.84 Å². The Balaban J connectivity index is 1.72. The van der Waals surface area contributed by atoms with Gasteiger partial charge in [-0.15, -0.1) is 0 Å². The molecule has 0 spiro atoms. The van der Waals surface area contributed by atoms with Crippen LogP contribution in [0.25, 0.3) is 0 Å². The molecule has 0 radical (unpaired) electrons. The largest absolute Gasteiger partial charge is 0.496 e. The number of sulfonamides is 1. The highest BCUT2D eigenvalue weighted by atomic mass is 32.2. The van der Waals surface area contributed by atoms with Gasteiger partial charge in [0.25, 0.3) is 0 Å². The number of para-hydroxylation sites is 1. The van der Waals surface area contributed by atoms with Crippen molar-refractivity contribution in [3.63, 3.8) is 0 Å². The van der Waals surface area contributed by atoms with E-state index in [1.807, 2.05) is 18.2 Å². The molecule has 0 amide bonds. The Morgan fingerprint density at radius 3 is 2.47 bits per heavy atom. The van der Waals surface area contributed by atoms with Gasteiger partial charge in [-0.05, 0) is 35.7 Å². The van der Waals surface area contributed by atoms with Crippen LogP contribution in [-0.2, 0) is 27.5 Å². The van der Waals surface area contributed by atoms with Crippen molar-refractivity contribution in [2.45, 2.75) is 23.9 Å². The van der Waals surface area contributed by atoms with Crippen LogP contribution in [-0.4, -0.2) is 46.0 Å². The summed E-state index contributed by atoms with van der Waals surface area (Å²) in [6.45, 7) is 0.0643. The fourth-order valence-electron chi connectivity index (χ4n) is 3.49. The normalized spacial score (nSPS) is 20.4. The summed E-state index contributed by atoms with van der Waals surface area (Å²) in [5.74, 6) is 0.670. The first-order chi connectivity index (χ1) is 14.1. The average Bonchev–Trinajstić information content (AvgIpc) is 3.10. The summed E-state index contributed by atoms with van der Waals surface area (Å²) < 4.78 is 72.1. The number of hydrogen-bond donors (Lipinski definition) is 1. The fraction of sp³-hybridized carbons (Fsp3) is 0.400. The Kier molecular flexibility index (Phi) is 6.71. The maximum absolute atomic E-state index is 12.9. The van der Waals surface area contributed by atoms with E-state index < -0.39 is 33.1 Å². The number of nitrogens with one attached hydrogen (secondary N) is 1. The van der Waals surface area contributed by atoms with E-state index in [-0.39, 0.29) is 13.2 Å². The summed E-state index contributed by atoms with van der Waals surface area (Å²) in [6, 6.07) is 11.1. The van der Waals surface area contributed by atoms with Crippen molar-refractivity contribution in [2.75, 3.05) is 27.3 Å². The number of hydrogen-bond acceptors (Lipinski definition) is 5. The Morgan fingerprint density at radius 1 is 1.17 bits per heavy atom. The Labute approximate surface area is 173 Å². The zero-order valence-electron chi connectivity index (χ0n) is 16.5. The van der Waals surface area contributed by atoms with Gasteiger partial charge in [-0.1, -0.05) is 30.3 Å². The van der Waals surface area contributed by atoms with Crippen LogP contribution in [0.5, 0.6) is 5.75 Å². The van der Waals surface area contributed by atoms with Gasteiger partial charge in [0.1, 0.15) is 11.0 Å². The molecule has 0 saturated carbocycles. The van der Waals surface area contributed by atoms with Crippen molar-refractivity contribution in [2.24, 2.45) is 0 Å². The van der Waals surface area contributed by atoms with Crippen molar-refractivity contribution in [1.29, 1.82) is 0 Å². The van der Waals surface area contributed by atoms with Gasteiger partial charge < -0.3 is 4.74 Å². The molecule has 2 aromatic carbocycles. The van der Waals surface area contributed by atoms with E-state index in [1.54, 1.807) is 20.2 Å².